The van der Waals surface area contributed by atoms with Gasteiger partial charge in [0.15, 0.2) is 11.6 Å². The summed E-state index contributed by atoms with van der Waals surface area (Å²) >= 11 is 24.7. The average Bonchev–Trinajstić information content (AvgIpc) is 3.15. The molecule has 9 heteroatoms. The fourth-order valence-electron chi connectivity index (χ4n) is 3.22. The van der Waals surface area contributed by atoms with Crippen molar-refractivity contribution < 1.29 is 9.59 Å². The molecule has 0 saturated carbocycles. The van der Waals surface area contributed by atoms with Crippen molar-refractivity contribution in [3.05, 3.63) is 115 Å². The first kappa shape index (κ1) is 23.3. The van der Waals surface area contributed by atoms with E-state index < -0.39 is 5.91 Å². The Labute approximate surface area is 209 Å². The van der Waals surface area contributed by atoms with E-state index in [0.29, 0.717) is 26.2 Å². The van der Waals surface area contributed by atoms with E-state index in [1.54, 1.807) is 72.9 Å². The van der Waals surface area contributed by atoms with E-state index in [2.05, 4.69) is 10.4 Å². The van der Waals surface area contributed by atoms with Gasteiger partial charge in [-0.2, -0.15) is 5.10 Å². The minimum Gasteiger partial charge on any atom is -0.304 e. The number of rotatable bonds is 6. The molecule has 4 aromatic rings. The Kier molecular flexibility index (Phi) is 7.05. The number of nitrogens with zero attached hydrogens (tertiary/aromatic N) is 2. The van der Waals surface area contributed by atoms with Crippen LogP contribution in [0.5, 0.6) is 0 Å². The second kappa shape index (κ2) is 9.98. The molecule has 0 unspecified atom stereocenters. The maximum absolute atomic E-state index is 13.0. The van der Waals surface area contributed by atoms with Gasteiger partial charge in [0.05, 0.1) is 12.1 Å². The van der Waals surface area contributed by atoms with Gasteiger partial charge < -0.3 is 5.32 Å². The van der Waals surface area contributed by atoms with Crippen LogP contribution in [0.1, 0.15) is 31.8 Å². The van der Waals surface area contributed by atoms with Gasteiger partial charge in [-0.1, -0.05) is 70.7 Å². The zero-order valence-corrected chi connectivity index (χ0v) is 19.9. The van der Waals surface area contributed by atoms with Crippen LogP contribution in [0.4, 0.5) is 5.82 Å². The summed E-state index contributed by atoms with van der Waals surface area (Å²) in [5.74, 6) is -0.670. The number of anilines is 1. The molecule has 0 fully saturated rings. The van der Waals surface area contributed by atoms with Crippen molar-refractivity contribution in [1.82, 2.24) is 9.78 Å². The van der Waals surface area contributed by atoms with E-state index >= 15 is 0 Å². The van der Waals surface area contributed by atoms with Gasteiger partial charge >= 0.3 is 0 Å². The summed E-state index contributed by atoms with van der Waals surface area (Å²) in [5, 5.41) is 8.74. The Morgan fingerprint density at radius 1 is 0.788 bits per heavy atom. The maximum Gasteiger partial charge on any atom is 0.257 e. The molecule has 166 valence electrons. The summed E-state index contributed by atoms with van der Waals surface area (Å²) in [6.45, 7) is 0.264. The number of hydrogen-bond acceptors (Lipinski definition) is 3. The number of hydrogen-bond donors (Lipinski definition) is 1. The van der Waals surface area contributed by atoms with Gasteiger partial charge in [0, 0.05) is 38.0 Å². The highest BCUT2D eigenvalue weighted by molar-refractivity contribution is 6.36. The quantitative estimate of drug-likeness (QED) is 0.279. The van der Waals surface area contributed by atoms with E-state index in [4.69, 9.17) is 46.4 Å². The highest BCUT2D eigenvalue weighted by Crippen LogP contribution is 2.27. The van der Waals surface area contributed by atoms with Gasteiger partial charge in [0.25, 0.3) is 5.91 Å². The number of carbonyl (C=O) groups is 2. The fourth-order valence-corrected chi connectivity index (χ4v) is 4.06. The standard InChI is InChI=1S/C24H15Cl4N3O2/c25-15-10-8-14(9-11-15)22(32)16-4-1-2-5-17(16)24(33)29-23-21(28)13-31(30-23)12-18-19(26)6-3-7-20(18)27/h1-11,13H,12H2,(H,29,30,33). The first-order valence-electron chi connectivity index (χ1n) is 9.70. The van der Waals surface area contributed by atoms with Gasteiger partial charge in [-0.3, -0.25) is 14.3 Å². The number of halogens is 4. The number of nitrogens with one attached hydrogen (secondary N) is 1. The molecule has 0 aliphatic carbocycles. The monoisotopic (exact) mass is 517 g/mol. The summed E-state index contributed by atoms with van der Waals surface area (Å²) in [5.41, 5.74) is 1.53. The number of aromatic nitrogens is 2. The number of amides is 1. The smallest absolute Gasteiger partial charge is 0.257 e. The van der Waals surface area contributed by atoms with Gasteiger partial charge in [-0.05, 0) is 42.5 Å². The lowest BCUT2D eigenvalue weighted by atomic mass is 9.98. The SMILES string of the molecule is O=C(Nc1nn(Cc2c(Cl)cccc2Cl)cc1Cl)c1ccccc1C(=O)c1ccc(Cl)cc1. The summed E-state index contributed by atoms with van der Waals surface area (Å²) in [7, 11) is 0. The Bertz CT molecular complexity index is 1330. The van der Waals surface area contributed by atoms with Crippen molar-refractivity contribution >= 4 is 63.9 Å². The first-order valence-corrected chi connectivity index (χ1v) is 11.2. The maximum atomic E-state index is 13.0. The zero-order chi connectivity index (χ0) is 23.5. The molecule has 0 bridgehead atoms. The molecule has 0 radical (unpaired) electrons. The van der Waals surface area contributed by atoms with Crippen LogP contribution in [-0.2, 0) is 6.54 Å². The molecule has 1 aromatic heterocycles. The molecule has 0 spiro atoms. The van der Waals surface area contributed by atoms with Crippen LogP contribution in [0.15, 0.2) is 72.9 Å². The van der Waals surface area contributed by atoms with E-state index in [9.17, 15) is 9.59 Å². The highest BCUT2D eigenvalue weighted by atomic mass is 35.5. The lowest BCUT2D eigenvalue weighted by Gasteiger charge is -2.09. The fraction of sp³-hybridized carbons (Fsp3) is 0.0417. The molecule has 5 nitrogen and oxygen atoms in total. The van der Waals surface area contributed by atoms with E-state index in [1.807, 2.05) is 0 Å². The second-order valence-corrected chi connectivity index (χ2v) is 8.72. The van der Waals surface area contributed by atoms with Crippen LogP contribution in [-0.4, -0.2) is 21.5 Å². The summed E-state index contributed by atoms with van der Waals surface area (Å²) < 4.78 is 1.52. The molecule has 0 saturated heterocycles. The minimum absolute atomic E-state index is 0.151. The largest absolute Gasteiger partial charge is 0.304 e. The third kappa shape index (κ3) is 5.23. The predicted octanol–water partition coefficient (Wildman–Crippen LogP) is 7.03. The Morgan fingerprint density at radius 2 is 1.42 bits per heavy atom. The van der Waals surface area contributed by atoms with Crippen LogP contribution in [0.2, 0.25) is 20.1 Å². The normalized spacial score (nSPS) is 10.8. The van der Waals surface area contributed by atoms with E-state index in [1.165, 1.54) is 4.68 Å². The zero-order valence-electron chi connectivity index (χ0n) is 16.9. The van der Waals surface area contributed by atoms with Gasteiger partial charge in [-0.15, -0.1) is 0 Å². The van der Waals surface area contributed by atoms with Crippen LogP contribution >= 0.6 is 46.4 Å². The molecule has 4 rings (SSSR count). The Balaban J connectivity index is 1.57. The van der Waals surface area contributed by atoms with Crippen molar-refractivity contribution in [2.75, 3.05) is 5.32 Å². The number of carbonyl (C=O) groups excluding carboxylic acids is 2. The van der Waals surface area contributed by atoms with Crippen molar-refractivity contribution in [3.63, 3.8) is 0 Å². The van der Waals surface area contributed by atoms with Crippen LogP contribution < -0.4 is 5.32 Å². The lowest BCUT2D eigenvalue weighted by Crippen LogP contribution is -2.17. The average molecular weight is 519 g/mol. The van der Waals surface area contributed by atoms with Gasteiger partial charge in [-0.25, -0.2) is 0 Å². The predicted molar refractivity (Wildman–Crippen MR) is 132 cm³/mol. The second-order valence-electron chi connectivity index (χ2n) is 7.06. The minimum atomic E-state index is -0.518. The van der Waals surface area contributed by atoms with Crippen molar-refractivity contribution in [2.24, 2.45) is 0 Å². The molecule has 1 heterocycles. The molecule has 0 aliphatic heterocycles. The van der Waals surface area contributed by atoms with E-state index in [0.717, 1.165) is 0 Å². The highest BCUT2D eigenvalue weighted by Gasteiger charge is 2.20. The van der Waals surface area contributed by atoms with Crippen molar-refractivity contribution in [1.29, 1.82) is 0 Å². The Morgan fingerprint density at radius 3 is 2.09 bits per heavy atom. The van der Waals surface area contributed by atoms with Crippen LogP contribution in [0, 0.1) is 0 Å². The van der Waals surface area contributed by atoms with E-state index in [-0.39, 0.29) is 34.3 Å². The molecule has 33 heavy (non-hydrogen) atoms. The van der Waals surface area contributed by atoms with Gasteiger partial charge in [0.1, 0.15) is 5.02 Å². The molecule has 3 aromatic carbocycles. The van der Waals surface area contributed by atoms with Crippen molar-refractivity contribution in [2.45, 2.75) is 6.54 Å². The van der Waals surface area contributed by atoms with Crippen LogP contribution in [0.3, 0.4) is 0 Å². The molecule has 0 atom stereocenters. The van der Waals surface area contributed by atoms with Gasteiger partial charge in [0.2, 0.25) is 0 Å². The molecule has 1 N–H and O–H groups in total. The summed E-state index contributed by atoms with van der Waals surface area (Å²) in [6.07, 6.45) is 1.56. The van der Waals surface area contributed by atoms with Crippen molar-refractivity contribution in [3.8, 4) is 0 Å². The first-order chi connectivity index (χ1) is 15.8. The molecule has 1 amide bonds. The number of ketones is 1. The third-order valence-electron chi connectivity index (χ3n) is 4.85. The Hall–Kier alpha value is -2.83. The van der Waals surface area contributed by atoms with Crippen LogP contribution in [0.25, 0.3) is 0 Å². The molecular weight excluding hydrogens is 504 g/mol. The lowest BCUT2D eigenvalue weighted by molar-refractivity contribution is 0.0996. The summed E-state index contributed by atoms with van der Waals surface area (Å²) in [6, 6.07) is 18.2. The number of benzene rings is 3. The molecule has 0 aliphatic rings. The topological polar surface area (TPSA) is 64.0 Å². The third-order valence-corrected chi connectivity index (χ3v) is 6.09. The summed E-state index contributed by atoms with van der Waals surface area (Å²) in [4.78, 5) is 26.0. The molecular formula is C24H15Cl4N3O2.